The summed E-state index contributed by atoms with van der Waals surface area (Å²) in [7, 11) is 1.28. The number of methoxy groups -OCH3 is 1. The van der Waals surface area contributed by atoms with Crippen molar-refractivity contribution in [1.82, 2.24) is 45.4 Å². The Bertz CT molecular complexity index is 2500. The van der Waals surface area contributed by atoms with Gasteiger partial charge in [-0.1, -0.05) is 33.8 Å². The number of carboxylic acid groups (broad SMARTS) is 1. The Kier molecular flexibility index (Phi) is 9.50. The predicted molar refractivity (Wildman–Crippen MR) is 208 cm³/mol. The molecule has 6 aromatic rings. The number of amides is 4. The first-order valence-electron chi connectivity index (χ1n) is 19.1. The van der Waals surface area contributed by atoms with Gasteiger partial charge in [-0.05, 0) is 67.9 Å². The SMILES string of the molecule is COC(=O)N[C@H](C(=O)N1CCC[C@H]1c1nc2c(ccc3cc(-c4cnc5c(ccc6[nH]c([C@@H]7CCCN7C(=O)[C@@H](NC(=O)O)C(C)C)nc65)c4)oc32)[nH]1)C(C)C. The van der Waals surface area contributed by atoms with Crippen LogP contribution >= 0.6 is 0 Å². The van der Waals surface area contributed by atoms with Crippen LogP contribution in [-0.4, -0.2) is 96.1 Å². The normalized spacial score (nSPS) is 18.5. The van der Waals surface area contributed by atoms with Crippen molar-refractivity contribution < 1.29 is 33.4 Å². The third kappa shape index (κ3) is 6.51. The molecule has 2 aliphatic rings. The van der Waals surface area contributed by atoms with Gasteiger partial charge in [0.2, 0.25) is 11.8 Å². The van der Waals surface area contributed by atoms with Crippen LogP contribution in [0.2, 0.25) is 0 Å². The van der Waals surface area contributed by atoms with Crippen molar-refractivity contribution >= 4 is 67.9 Å². The molecule has 16 heteroatoms. The topological polar surface area (TPSA) is 212 Å². The lowest BCUT2D eigenvalue weighted by Gasteiger charge is -2.29. The zero-order valence-corrected chi connectivity index (χ0v) is 31.9. The van der Waals surface area contributed by atoms with Gasteiger partial charge in [-0.3, -0.25) is 14.6 Å². The number of nitrogens with zero attached hydrogens (tertiary/aromatic N) is 5. The summed E-state index contributed by atoms with van der Waals surface area (Å²) < 4.78 is 11.3. The number of likely N-dealkylation sites (tertiary alicyclic amines) is 2. The van der Waals surface area contributed by atoms with Gasteiger partial charge in [0.1, 0.15) is 40.5 Å². The molecule has 0 radical (unpaired) electrons. The summed E-state index contributed by atoms with van der Waals surface area (Å²) in [5.41, 5.74) is 5.01. The second kappa shape index (κ2) is 14.5. The molecule has 0 spiro atoms. The number of carbonyl (C=O) groups excluding carboxylic acids is 3. The van der Waals surface area contributed by atoms with Crippen LogP contribution in [0.4, 0.5) is 9.59 Å². The van der Waals surface area contributed by atoms with E-state index < -0.39 is 24.3 Å². The highest BCUT2D eigenvalue weighted by Crippen LogP contribution is 2.38. The van der Waals surface area contributed by atoms with E-state index >= 15 is 0 Å². The molecule has 2 aliphatic heterocycles. The quantitative estimate of drug-likeness (QED) is 0.109. The Morgan fingerprint density at radius 3 is 1.96 bits per heavy atom. The number of aromatic nitrogens is 5. The number of carbonyl (C=O) groups is 4. The van der Waals surface area contributed by atoms with Crippen LogP contribution in [0.1, 0.15) is 77.1 Å². The Hall–Kier alpha value is -6.19. The summed E-state index contributed by atoms with van der Waals surface area (Å²) in [6.45, 7) is 8.49. The van der Waals surface area contributed by atoms with Gasteiger partial charge in [0.05, 0.1) is 35.7 Å². The number of H-pyrrole nitrogens is 2. The van der Waals surface area contributed by atoms with E-state index in [2.05, 4.69) is 20.6 Å². The maximum Gasteiger partial charge on any atom is 0.407 e. The molecule has 4 atom stereocenters. The number of nitrogens with one attached hydrogen (secondary N) is 4. The van der Waals surface area contributed by atoms with Crippen LogP contribution in [0.3, 0.4) is 0 Å². The lowest BCUT2D eigenvalue weighted by molar-refractivity contribution is -0.136. The van der Waals surface area contributed by atoms with Crippen LogP contribution in [-0.2, 0) is 14.3 Å². The summed E-state index contributed by atoms with van der Waals surface area (Å²) in [5, 5.41) is 16.2. The van der Waals surface area contributed by atoms with E-state index in [0.717, 1.165) is 46.6 Å². The maximum atomic E-state index is 13.7. The molecule has 16 nitrogen and oxygen atoms in total. The molecule has 6 heterocycles. The lowest BCUT2D eigenvalue weighted by atomic mass is 10.0. The maximum absolute atomic E-state index is 13.7. The average Bonchev–Trinajstić information content (AvgIpc) is 4.02. The van der Waals surface area contributed by atoms with Gasteiger partial charge in [0.15, 0.2) is 5.58 Å². The molecule has 292 valence electrons. The number of hydrogen-bond acceptors (Lipinski definition) is 9. The molecule has 8 rings (SSSR count). The Labute approximate surface area is 321 Å². The molecule has 2 aromatic carbocycles. The number of pyridine rings is 1. The molecule has 4 aromatic heterocycles. The van der Waals surface area contributed by atoms with E-state index in [1.165, 1.54) is 7.11 Å². The third-order valence-electron chi connectivity index (χ3n) is 11.1. The monoisotopic (exact) mass is 763 g/mol. The lowest BCUT2D eigenvalue weighted by Crippen LogP contribution is -2.51. The molecule has 0 bridgehead atoms. The number of benzene rings is 2. The van der Waals surface area contributed by atoms with Crippen LogP contribution in [0.25, 0.3) is 55.3 Å². The minimum atomic E-state index is -1.23. The summed E-state index contributed by atoms with van der Waals surface area (Å²) >= 11 is 0. The number of fused-ring (bicyclic) bond motifs is 6. The number of alkyl carbamates (subject to hydrolysis) is 1. The summed E-state index contributed by atoms with van der Waals surface area (Å²) in [5.74, 6) is 1.14. The van der Waals surface area contributed by atoms with Crippen molar-refractivity contribution in [3.8, 4) is 11.3 Å². The molecule has 4 amide bonds. The van der Waals surface area contributed by atoms with Crippen LogP contribution in [0.15, 0.2) is 47.0 Å². The average molecular weight is 764 g/mol. The smallest absolute Gasteiger partial charge is 0.407 e. The molecule has 0 unspecified atom stereocenters. The van der Waals surface area contributed by atoms with Gasteiger partial charge in [0, 0.05) is 35.6 Å². The Morgan fingerprint density at radius 2 is 1.38 bits per heavy atom. The second-order valence-electron chi connectivity index (χ2n) is 15.4. The first kappa shape index (κ1) is 36.8. The Morgan fingerprint density at radius 1 is 0.804 bits per heavy atom. The van der Waals surface area contributed by atoms with Crippen molar-refractivity contribution in [1.29, 1.82) is 0 Å². The van der Waals surface area contributed by atoms with E-state index in [0.29, 0.717) is 59.1 Å². The molecule has 0 aliphatic carbocycles. The predicted octanol–water partition coefficient (Wildman–Crippen LogP) is 6.40. The largest absolute Gasteiger partial charge is 0.465 e. The van der Waals surface area contributed by atoms with Crippen molar-refractivity contribution in [3.63, 3.8) is 0 Å². The fourth-order valence-electron chi connectivity index (χ4n) is 8.20. The summed E-state index contributed by atoms with van der Waals surface area (Å²) in [6.07, 6.45) is 2.91. The number of rotatable bonds is 9. The molecular weight excluding hydrogens is 718 g/mol. The number of imidazole rings is 2. The molecular formula is C40H45N9O7. The first-order valence-corrected chi connectivity index (χ1v) is 19.1. The zero-order valence-electron chi connectivity index (χ0n) is 31.9. The van der Waals surface area contributed by atoms with Gasteiger partial charge in [-0.2, -0.15) is 0 Å². The Balaban J connectivity index is 1.07. The first-order chi connectivity index (χ1) is 26.9. The van der Waals surface area contributed by atoms with Gasteiger partial charge in [-0.15, -0.1) is 0 Å². The van der Waals surface area contributed by atoms with E-state index in [4.69, 9.17) is 24.1 Å². The highest BCUT2D eigenvalue weighted by molar-refractivity contribution is 6.04. The highest BCUT2D eigenvalue weighted by Gasteiger charge is 2.39. The second-order valence-corrected chi connectivity index (χ2v) is 15.4. The van der Waals surface area contributed by atoms with Gasteiger partial charge in [-0.25, -0.2) is 19.6 Å². The standard InChI is InChI=1S/C40H45N9O7/c1-19(2)29(46-39(52)53)37(50)48-14-6-8-26(48)35-42-24-12-10-21-16-23(18-41-31(21)32(24)44-35)28-17-22-11-13-25-33(34(22)56-28)45-36(43-25)27-9-7-15-49(27)38(51)30(20(3)4)47-40(54)55-5/h10-13,16-20,26-27,29-30,46H,6-9,14-15H2,1-5H3,(H,42,44)(H,43,45)(H,47,54)(H,52,53)/t26-,27-,29-,30-/m0/s1. The van der Waals surface area contributed by atoms with E-state index in [-0.39, 0.29) is 35.7 Å². The van der Waals surface area contributed by atoms with Crippen molar-refractivity contribution in [2.24, 2.45) is 11.8 Å². The van der Waals surface area contributed by atoms with Crippen LogP contribution in [0.5, 0.6) is 0 Å². The molecule has 5 N–H and O–H groups in total. The van der Waals surface area contributed by atoms with E-state index in [1.807, 2.05) is 64.1 Å². The fraction of sp³-hybridized carbons (Fsp3) is 0.425. The fourth-order valence-corrected chi connectivity index (χ4v) is 8.20. The van der Waals surface area contributed by atoms with E-state index in [9.17, 15) is 24.3 Å². The number of hydrogen-bond donors (Lipinski definition) is 5. The van der Waals surface area contributed by atoms with E-state index in [1.54, 1.807) is 16.0 Å². The summed E-state index contributed by atoms with van der Waals surface area (Å²) in [6, 6.07) is 9.64. The summed E-state index contributed by atoms with van der Waals surface area (Å²) in [4.78, 5) is 75.8. The van der Waals surface area contributed by atoms with Crippen molar-refractivity contribution in [2.75, 3.05) is 20.2 Å². The molecule has 2 saturated heterocycles. The van der Waals surface area contributed by atoms with Crippen LogP contribution < -0.4 is 10.6 Å². The zero-order chi connectivity index (χ0) is 39.4. The minimum Gasteiger partial charge on any atom is -0.465 e. The van der Waals surface area contributed by atoms with Gasteiger partial charge in [0.25, 0.3) is 0 Å². The molecule has 0 saturated carbocycles. The highest BCUT2D eigenvalue weighted by atomic mass is 16.5. The van der Waals surface area contributed by atoms with Gasteiger partial charge < -0.3 is 44.7 Å². The number of aromatic amines is 2. The van der Waals surface area contributed by atoms with Crippen LogP contribution in [0, 0.1) is 11.8 Å². The van der Waals surface area contributed by atoms with Gasteiger partial charge >= 0.3 is 12.2 Å². The number of furan rings is 1. The van der Waals surface area contributed by atoms with Crippen molar-refractivity contribution in [3.05, 3.63) is 54.2 Å². The molecule has 56 heavy (non-hydrogen) atoms. The molecule has 2 fully saturated rings. The third-order valence-corrected chi connectivity index (χ3v) is 11.1. The minimum absolute atomic E-state index is 0.138. The number of ether oxygens (including phenoxy) is 1. The van der Waals surface area contributed by atoms with Crippen molar-refractivity contribution in [2.45, 2.75) is 77.5 Å².